The third-order valence-electron chi connectivity index (χ3n) is 3.98. The Morgan fingerprint density at radius 1 is 0.963 bits per heavy atom. The Labute approximate surface area is 165 Å². The summed E-state index contributed by atoms with van der Waals surface area (Å²) in [4.78, 5) is 1.07. The van der Waals surface area contributed by atoms with Crippen LogP contribution in [0.15, 0.2) is 78.2 Å². The van der Waals surface area contributed by atoms with Gasteiger partial charge in [-0.3, -0.25) is 0 Å². The minimum Gasteiger partial charge on any atom is -0.389 e. The van der Waals surface area contributed by atoms with Crippen molar-refractivity contribution in [2.24, 2.45) is 0 Å². The van der Waals surface area contributed by atoms with Gasteiger partial charge in [0.15, 0.2) is 0 Å². The van der Waals surface area contributed by atoms with Crippen molar-refractivity contribution in [1.29, 1.82) is 0 Å². The van der Waals surface area contributed by atoms with E-state index in [2.05, 4.69) is 6.58 Å². The lowest BCUT2D eigenvalue weighted by atomic mass is 10.1. The topological polar surface area (TPSA) is 58.9 Å². The van der Waals surface area contributed by atoms with Gasteiger partial charge in [0.2, 0.25) is 0 Å². The third-order valence-corrected chi connectivity index (χ3v) is 5.09. The fourth-order valence-electron chi connectivity index (χ4n) is 2.51. The molecular formula is C22H28O4S. The highest BCUT2D eigenvalue weighted by atomic mass is 32.2. The molecule has 3 atom stereocenters. The van der Waals surface area contributed by atoms with Crippen molar-refractivity contribution < 1.29 is 19.7 Å². The average molecular weight is 389 g/mol. The molecule has 146 valence electrons. The van der Waals surface area contributed by atoms with Crippen LogP contribution in [-0.4, -0.2) is 47.5 Å². The van der Waals surface area contributed by atoms with E-state index in [0.717, 1.165) is 10.5 Å². The lowest BCUT2D eigenvalue weighted by molar-refractivity contribution is -0.0814. The highest BCUT2D eigenvalue weighted by Crippen LogP contribution is 2.21. The van der Waals surface area contributed by atoms with E-state index in [-0.39, 0.29) is 0 Å². The average Bonchev–Trinajstić information content (AvgIpc) is 2.72. The van der Waals surface area contributed by atoms with Gasteiger partial charge >= 0.3 is 0 Å². The molecule has 0 radical (unpaired) electrons. The molecule has 0 aliphatic heterocycles. The van der Waals surface area contributed by atoms with Crippen molar-refractivity contribution in [3.63, 3.8) is 0 Å². The van der Waals surface area contributed by atoms with Gasteiger partial charge in [0.1, 0.15) is 12.2 Å². The monoisotopic (exact) mass is 388 g/mol. The molecule has 0 saturated carbocycles. The molecule has 0 bridgehead atoms. The Balaban J connectivity index is 1.69. The van der Waals surface area contributed by atoms with Gasteiger partial charge in [-0.05, 0) is 24.1 Å². The summed E-state index contributed by atoms with van der Waals surface area (Å²) in [6.45, 7) is 5.12. The molecule has 2 aromatic rings. The van der Waals surface area contributed by atoms with E-state index in [0.29, 0.717) is 32.0 Å². The highest BCUT2D eigenvalue weighted by molar-refractivity contribution is 7.99. The smallest absolute Gasteiger partial charge is 0.114 e. The molecule has 0 heterocycles. The van der Waals surface area contributed by atoms with Gasteiger partial charge in [-0.1, -0.05) is 54.6 Å². The van der Waals surface area contributed by atoms with Crippen LogP contribution in [0.1, 0.15) is 12.0 Å². The molecule has 0 fully saturated rings. The van der Waals surface area contributed by atoms with Crippen molar-refractivity contribution in [3.05, 3.63) is 78.9 Å². The SMILES string of the molecule is C=C[C@@H](O)[C@H](OCCCOCc1ccccc1)[C@H](O)CSc1ccccc1. The molecule has 0 amide bonds. The minimum atomic E-state index is -0.915. The molecular weight excluding hydrogens is 360 g/mol. The fourth-order valence-corrected chi connectivity index (χ4v) is 3.41. The molecule has 4 nitrogen and oxygen atoms in total. The van der Waals surface area contributed by atoms with Crippen LogP contribution in [0.2, 0.25) is 0 Å². The van der Waals surface area contributed by atoms with Crippen molar-refractivity contribution in [2.75, 3.05) is 19.0 Å². The normalized spacial score (nSPS) is 14.4. The molecule has 27 heavy (non-hydrogen) atoms. The molecule has 0 saturated heterocycles. The van der Waals surface area contributed by atoms with Crippen LogP contribution in [0, 0.1) is 0 Å². The summed E-state index contributed by atoms with van der Waals surface area (Å²) in [7, 11) is 0. The van der Waals surface area contributed by atoms with E-state index in [4.69, 9.17) is 9.47 Å². The Morgan fingerprint density at radius 2 is 1.63 bits per heavy atom. The fraction of sp³-hybridized carbons (Fsp3) is 0.364. The number of hydrogen-bond acceptors (Lipinski definition) is 5. The number of aliphatic hydroxyl groups is 2. The first-order valence-corrected chi connectivity index (χ1v) is 10.1. The van der Waals surface area contributed by atoms with Crippen LogP contribution >= 0.6 is 11.8 Å². The first-order chi connectivity index (χ1) is 13.2. The van der Waals surface area contributed by atoms with Gasteiger partial charge in [-0.25, -0.2) is 0 Å². The summed E-state index contributed by atoms with van der Waals surface area (Å²) in [6, 6.07) is 19.8. The van der Waals surface area contributed by atoms with E-state index < -0.39 is 18.3 Å². The Kier molecular flexibility index (Phi) is 10.2. The van der Waals surface area contributed by atoms with Crippen LogP contribution in [0.4, 0.5) is 0 Å². The van der Waals surface area contributed by atoms with Gasteiger partial charge in [-0.15, -0.1) is 18.3 Å². The first kappa shape index (κ1) is 21.7. The van der Waals surface area contributed by atoms with Crippen LogP contribution in [0.5, 0.6) is 0 Å². The molecule has 0 aliphatic carbocycles. The van der Waals surface area contributed by atoms with Crippen molar-refractivity contribution >= 4 is 11.8 Å². The zero-order valence-electron chi connectivity index (χ0n) is 15.4. The van der Waals surface area contributed by atoms with E-state index in [1.807, 2.05) is 60.7 Å². The zero-order valence-corrected chi connectivity index (χ0v) is 16.3. The summed E-state index contributed by atoms with van der Waals surface area (Å²) in [5, 5.41) is 20.5. The predicted molar refractivity (Wildman–Crippen MR) is 110 cm³/mol. The van der Waals surface area contributed by atoms with E-state index in [9.17, 15) is 10.2 Å². The summed E-state index contributed by atoms with van der Waals surface area (Å²) >= 11 is 1.53. The molecule has 0 aromatic heterocycles. The maximum Gasteiger partial charge on any atom is 0.114 e. The quantitative estimate of drug-likeness (QED) is 0.311. The molecule has 5 heteroatoms. The van der Waals surface area contributed by atoms with Gasteiger partial charge in [0.05, 0.1) is 12.7 Å². The molecule has 2 rings (SSSR count). The van der Waals surface area contributed by atoms with E-state index in [1.165, 1.54) is 17.8 Å². The first-order valence-electron chi connectivity index (χ1n) is 9.10. The number of benzene rings is 2. The van der Waals surface area contributed by atoms with Crippen LogP contribution in [0.25, 0.3) is 0 Å². The molecule has 0 unspecified atom stereocenters. The summed E-state index contributed by atoms with van der Waals surface area (Å²) in [6.07, 6.45) is -0.332. The third kappa shape index (κ3) is 8.28. The number of hydrogen-bond donors (Lipinski definition) is 2. The molecule has 2 aromatic carbocycles. The van der Waals surface area contributed by atoms with Crippen LogP contribution < -0.4 is 0 Å². The molecule has 0 aliphatic rings. The van der Waals surface area contributed by atoms with Gasteiger partial charge in [0, 0.05) is 23.9 Å². The minimum absolute atomic E-state index is 0.400. The second-order valence-corrected chi connectivity index (χ2v) is 7.24. The number of aliphatic hydroxyl groups excluding tert-OH is 2. The van der Waals surface area contributed by atoms with Gasteiger partial charge in [0.25, 0.3) is 0 Å². The zero-order chi connectivity index (χ0) is 19.3. The van der Waals surface area contributed by atoms with E-state index >= 15 is 0 Å². The van der Waals surface area contributed by atoms with Crippen LogP contribution in [-0.2, 0) is 16.1 Å². The lowest BCUT2D eigenvalue weighted by Crippen LogP contribution is -2.40. The Hall–Kier alpha value is -1.63. The largest absolute Gasteiger partial charge is 0.389 e. The van der Waals surface area contributed by atoms with Gasteiger partial charge < -0.3 is 19.7 Å². The highest BCUT2D eigenvalue weighted by Gasteiger charge is 2.26. The second-order valence-electron chi connectivity index (χ2n) is 6.14. The van der Waals surface area contributed by atoms with Gasteiger partial charge in [-0.2, -0.15) is 0 Å². The van der Waals surface area contributed by atoms with E-state index in [1.54, 1.807) is 0 Å². The van der Waals surface area contributed by atoms with Crippen molar-refractivity contribution in [1.82, 2.24) is 0 Å². The predicted octanol–water partition coefficient (Wildman–Crippen LogP) is 3.68. The molecule has 0 spiro atoms. The Morgan fingerprint density at radius 3 is 2.30 bits per heavy atom. The standard InChI is InChI=1S/C22H28O4S/c1-2-20(23)22(21(24)17-27-19-12-7-4-8-13-19)26-15-9-14-25-16-18-10-5-3-6-11-18/h2-8,10-13,20-24H,1,9,14-17H2/t20-,21-,22+/m1/s1. The second kappa shape index (κ2) is 12.7. The Bertz CT molecular complexity index is 635. The lowest BCUT2D eigenvalue weighted by Gasteiger charge is -2.26. The van der Waals surface area contributed by atoms with Crippen molar-refractivity contribution in [2.45, 2.75) is 36.2 Å². The maximum absolute atomic E-state index is 10.4. The van der Waals surface area contributed by atoms with Crippen LogP contribution in [0.3, 0.4) is 0 Å². The summed E-state index contributed by atoms with van der Waals surface area (Å²) < 4.78 is 11.4. The maximum atomic E-state index is 10.4. The summed E-state index contributed by atoms with van der Waals surface area (Å²) in [5.41, 5.74) is 1.13. The number of ether oxygens (including phenoxy) is 2. The number of thioether (sulfide) groups is 1. The van der Waals surface area contributed by atoms with Crippen molar-refractivity contribution in [3.8, 4) is 0 Å². The molecule has 2 N–H and O–H groups in total. The summed E-state index contributed by atoms with van der Waals surface area (Å²) in [5.74, 6) is 0.435. The number of rotatable bonds is 13.